The van der Waals surface area contributed by atoms with Crippen molar-refractivity contribution in [3.05, 3.63) is 29.3 Å². The van der Waals surface area contributed by atoms with E-state index in [2.05, 4.69) is 16.6 Å². The molecule has 1 N–H and O–H groups in total. The Hall–Kier alpha value is -2.28. The molecule has 16 heavy (non-hydrogen) atoms. The average Bonchev–Trinajstić information content (AvgIpc) is 2.31. The number of phenols is 1. The lowest BCUT2D eigenvalue weighted by atomic mass is 10.1. The summed E-state index contributed by atoms with van der Waals surface area (Å²) in [5.41, 5.74) is 0.730. The first-order valence-corrected chi connectivity index (χ1v) is 4.51. The van der Waals surface area contributed by atoms with Crippen molar-refractivity contribution >= 4 is 12.3 Å². The third-order valence-electron chi connectivity index (χ3n) is 1.84. The summed E-state index contributed by atoms with van der Waals surface area (Å²) in [6, 6.07) is 4.31. The minimum absolute atomic E-state index is 0.0250. The van der Waals surface area contributed by atoms with Gasteiger partial charge < -0.3 is 9.84 Å². The molecule has 1 rings (SSSR count). The zero-order valence-electron chi connectivity index (χ0n) is 8.69. The second kappa shape index (κ2) is 5.56. The van der Waals surface area contributed by atoms with Crippen LogP contribution in [0.3, 0.4) is 0 Å². The fraction of sp³-hybridized carbons (Fsp3) is 0.167. The van der Waals surface area contributed by atoms with Gasteiger partial charge in [-0.15, -0.1) is 0 Å². The fourth-order valence-corrected chi connectivity index (χ4v) is 1.01. The lowest BCUT2D eigenvalue weighted by molar-refractivity contribution is -0.139. The molecule has 1 aromatic rings. The Balaban J connectivity index is 2.87. The molecule has 0 aliphatic carbocycles. The first-order valence-electron chi connectivity index (χ1n) is 4.51. The monoisotopic (exact) mass is 218 g/mol. The number of rotatable bonds is 2. The molecule has 1 aromatic carbocycles. The minimum Gasteiger partial charge on any atom is -0.507 e. The topological polar surface area (TPSA) is 63.6 Å². The zero-order chi connectivity index (χ0) is 12.0. The van der Waals surface area contributed by atoms with Gasteiger partial charge in [0.15, 0.2) is 0 Å². The molecule has 0 heterocycles. The Morgan fingerprint density at radius 2 is 2.31 bits per heavy atom. The van der Waals surface area contributed by atoms with Crippen molar-refractivity contribution in [1.29, 1.82) is 0 Å². The first-order chi connectivity index (χ1) is 7.67. The standard InChI is InChI=1S/C12H10O4/c1-16-12(15)4-2-3-10-7-9(8-13)5-6-11(10)14/h5-8,14H,4H2,1H3. The highest BCUT2D eigenvalue weighted by atomic mass is 16.5. The van der Waals surface area contributed by atoms with Gasteiger partial charge in [-0.25, -0.2) is 0 Å². The summed E-state index contributed by atoms with van der Waals surface area (Å²) in [7, 11) is 1.27. The highest BCUT2D eigenvalue weighted by Gasteiger charge is 1.99. The Morgan fingerprint density at radius 3 is 2.94 bits per heavy atom. The van der Waals surface area contributed by atoms with Crippen LogP contribution in [0.2, 0.25) is 0 Å². The van der Waals surface area contributed by atoms with E-state index in [1.807, 2.05) is 0 Å². The number of aldehydes is 1. The molecule has 0 saturated heterocycles. The predicted molar refractivity (Wildman–Crippen MR) is 57.0 cm³/mol. The average molecular weight is 218 g/mol. The molecule has 0 aliphatic rings. The summed E-state index contributed by atoms with van der Waals surface area (Å²) in [5, 5.41) is 9.42. The summed E-state index contributed by atoms with van der Waals surface area (Å²) in [5.74, 6) is 4.67. The molecular formula is C12H10O4. The van der Waals surface area contributed by atoms with E-state index in [9.17, 15) is 14.7 Å². The van der Waals surface area contributed by atoms with Gasteiger partial charge in [-0.3, -0.25) is 9.59 Å². The van der Waals surface area contributed by atoms with Crippen LogP contribution in [-0.2, 0) is 9.53 Å². The molecule has 4 nitrogen and oxygen atoms in total. The second-order valence-electron chi connectivity index (χ2n) is 2.95. The number of aromatic hydroxyl groups is 1. The molecule has 0 spiro atoms. The zero-order valence-corrected chi connectivity index (χ0v) is 8.69. The van der Waals surface area contributed by atoms with Gasteiger partial charge in [0.1, 0.15) is 18.5 Å². The Labute approximate surface area is 92.9 Å². The molecule has 0 atom stereocenters. The number of phenolic OH excluding ortho intramolecular Hbond substituents is 1. The van der Waals surface area contributed by atoms with Crippen molar-refractivity contribution in [3.63, 3.8) is 0 Å². The van der Waals surface area contributed by atoms with E-state index in [0.29, 0.717) is 17.4 Å². The van der Waals surface area contributed by atoms with Gasteiger partial charge >= 0.3 is 5.97 Å². The van der Waals surface area contributed by atoms with E-state index in [1.165, 1.54) is 25.3 Å². The van der Waals surface area contributed by atoms with Crippen molar-refractivity contribution in [2.45, 2.75) is 6.42 Å². The van der Waals surface area contributed by atoms with Gasteiger partial charge in [0, 0.05) is 5.56 Å². The molecule has 82 valence electrons. The van der Waals surface area contributed by atoms with Gasteiger partial charge in [0.05, 0.1) is 12.7 Å². The molecule has 0 saturated carbocycles. The maximum absolute atomic E-state index is 10.8. The molecule has 0 aromatic heterocycles. The largest absolute Gasteiger partial charge is 0.507 e. The number of esters is 1. The third kappa shape index (κ3) is 3.14. The Morgan fingerprint density at radius 1 is 1.56 bits per heavy atom. The van der Waals surface area contributed by atoms with Gasteiger partial charge in [-0.2, -0.15) is 0 Å². The van der Waals surface area contributed by atoms with Crippen molar-refractivity contribution in [1.82, 2.24) is 0 Å². The summed E-state index contributed by atoms with van der Waals surface area (Å²) in [6.07, 6.45) is 0.603. The SMILES string of the molecule is COC(=O)CC#Cc1cc(C=O)ccc1O. The molecule has 0 unspecified atom stereocenters. The predicted octanol–water partition coefficient (Wildman–Crippen LogP) is 1.12. The van der Waals surface area contributed by atoms with Crippen molar-refractivity contribution < 1.29 is 19.4 Å². The molecule has 0 fully saturated rings. The number of hydrogen-bond donors (Lipinski definition) is 1. The van der Waals surface area contributed by atoms with Gasteiger partial charge in [-0.05, 0) is 18.2 Å². The normalized spacial score (nSPS) is 8.81. The van der Waals surface area contributed by atoms with Crippen LogP contribution in [0.1, 0.15) is 22.3 Å². The summed E-state index contributed by atoms with van der Waals surface area (Å²) in [4.78, 5) is 21.3. The van der Waals surface area contributed by atoms with E-state index in [-0.39, 0.29) is 12.2 Å². The molecular weight excluding hydrogens is 208 g/mol. The van der Waals surface area contributed by atoms with Crippen LogP contribution < -0.4 is 0 Å². The van der Waals surface area contributed by atoms with E-state index >= 15 is 0 Å². The van der Waals surface area contributed by atoms with Crippen LogP contribution >= 0.6 is 0 Å². The van der Waals surface area contributed by atoms with Crippen LogP contribution in [0.15, 0.2) is 18.2 Å². The number of methoxy groups -OCH3 is 1. The van der Waals surface area contributed by atoms with Crippen molar-refractivity contribution in [3.8, 4) is 17.6 Å². The van der Waals surface area contributed by atoms with Crippen LogP contribution in [-0.4, -0.2) is 24.5 Å². The summed E-state index contributed by atoms with van der Waals surface area (Å²) in [6.45, 7) is 0. The van der Waals surface area contributed by atoms with Crippen LogP contribution in [0, 0.1) is 11.8 Å². The summed E-state index contributed by atoms with van der Waals surface area (Å²) < 4.78 is 4.40. The number of hydrogen-bond acceptors (Lipinski definition) is 4. The Kier molecular flexibility index (Phi) is 4.10. The minimum atomic E-state index is -0.446. The summed E-state index contributed by atoms with van der Waals surface area (Å²) >= 11 is 0. The van der Waals surface area contributed by atoms with Crippen molar-refractivity contribution in [2.75, 3.05) is 7.11 Å². The molecule has 0 radical (unpaired) electrons. The smallest absolute Gasteiger partial charge is 0.317 e. The Bertz CT molecular complexity index is 466. The van der Waals surface area contributed by atoms with Gasteiger partial charge in [-0.1, -0.05) is 11.8 Å². The first kappa shape index (κ1) is 11.8. The number of carbonyl (C=O) groups is 2. The van der Waals surface area contributed by atoms with Crippen molar-refractivity contribution in [2.24, 2.45) is 0 Å². The lowest BCUT2D eigenvalue weighted by Gasteiger charge is -1.97. The lowest BCUT2D eigenvalue weighted by Crippen LogP contribution is -1.97. The van der Waals surface area contributed by atoms with Gasteiger partial charge in [0.2, 0.25) is 0 Å². The highest BCUT2D eigenvalue weighted by Crippen LogP contribution is 2.16. The van der Waals surface area contributed by atoms with Crippen LogP contribution in [0.25, 0.3) is 0 Å². The quantitative estimate of drug-likeness (QED) is 0.459. The van der Waals surface area contributed by atoms with E-state index in [0.717, 1.165) is 0 Å². The highest BCUT2D eigenvalue weighted by molar-refractivity contribution is 5.76. The maximum Gasteiger partial charge on any atom is 0.317 e. The van der Waals surface area contributed by atoms with E-state index < -0.39 is 5.97 Å². The molecule has 0 aliphatic heterocycles. The molecule has 4 heteroatoms. The maximum atomic E-state index is 10.8. The number of benzene rings is 1. The number of ether oxygens (including phenoxy) is 1. The van der Waals surface area contributed by atoms with Crippen LogP contribution in [0.4, 0.5) is 0 Å². The molecule has 0 bridgehead atoms. The van der Waals surface area contributed by atoms with E-state index in [4.69, 9.17) is 0 Å². The molecule has 0 amide bonds. The van der Waals surface area contributed by atoms with E-state index in [1.54, 1.807) is 0 Å². The second-order valence-corrected chi connectivity index (χ2v) is 2.95. The third-order valence-corrected chi connectivity index (χ3v) is 1.84. The fourth-order valence-electron chi connectivity index (χ4n) is 1.01. The van der Waals surface area contributed by atoms with Crippen LogP contribution in [0.5, 0.6) is 5.75 Å². The van der Waals surface area contributed by atoms with Gasteiger partial charge in [0.25, 0.3) is 0 Å². The number of carbonyl (C=O) groups excluding carboxylic acids is 2.